The van der Waals surface area contributed by atoms with Crippen molar-refractivity contribution in [3.8, 4) is 17.1 Å². The lowest BCUT2D eigenvalue weighted by molar-refractivity contribution is 0.101. The lowest BCUT2D eigenvalue weighted by atomic mass is 10.1. The van der Waals surface area contributed by atoms with Crippen molar-refractivity contribution in [2.24, 2.45) is 0 Å². The molecule has 0 fully saturated rings. The highest BCUT2D eigenvalue weighted by Gasteiger charge is 2.11. The fraction of sp³-hybridized carbons (Fsp3) is 0.100. The molecule has 0 unspecified atom stereocenters. The van der Waals surface area contributed by atoms with Crippen LogP contribution in [0.1, 0.15) is 34.6 Å². The van der Waals surface area contributed by atoms with Gasteiger partial charge in [-0.1, -0.05) is 32.0 Å². The van der Waals surface area contributed by atoms with E-state index >= 15 is 0 Å². The minimum atomic E-state index is -0.203. The zero-order valence-electron chi connectivity index (χ0n) is 20.9. The Morgan fingerprint density at radius 3 is 1.97 bits per heavy atom. The number of amides is 2. The number of fused-ring (bicyclic) bond motifs is 1. The Hall–Kier alpha value is -4.91. The van der Waals surface area contributed by atoms with Gasteiger partial charge in [0.2, 0.25) is 0 Å². The van der Waals surface area contributed by atoms with Crippen molar-refractivity contribution in [1.82, 2.24) is 9.97 Å². The fourth-order valence-electron chi connectivity index (χ4n) is 3.67. The number of rotatable bonds is 6. The summed E-state index contributed by atoms with van der Waals surface area (Å²) in [4.78, 5) is 33.0. The SMILES string of the molecule is CC.COc1ccc(C(=O)Nc2ccc(-c3nc4ccc(C(=O)Nc5ccccc5)cc4[nH]3)cc2)cc1. The smallest absolute Gasteiger partial charge is 0.255 e. The summed E-state index contributed by atoms with van der Waals surface area (Å²) in [6.45, 7) is 4.00. The fourth-order valence-corrected chi connectivity index (χ4v) is 3.67. The molecule has 0 aliphatic rings. The van der Waals surface area contributed by atoms with Crippen molar-refractivity contribution in [2.45, 2.75) is 13.8 Å². The van der Waals surface area contributed by atoms with Crippen LogP contribution in [0, 0.1) is 0 Å². The van der Waals surface area contributed by atoms with Gasteiger partial charge in [0, 0.05) is 28.1 Å². The van der Waals surface area contributed by atoms with E-state index in [1.165, 1.54) is 0 Å². The number of benzene rings is 4. The highest BCUT2D eigenvalue weighted by molar-refractivity contribution is 6.06. The average Bonchev–Trinajstić information content (AvgIpc) is 3.39. The first-order chi connectivity index (χ1) is 18.1. The third-order valence-electron chi connectivity index (χ3n) is 5.54. The molecule has 1 aromatic heterocycles. The zero-order valence-corrected chi connectivity index (χ0v) is 20.9. The van der Waals surface area contributed by atoms with Crippen molar-refractivity contribution in [2.75, 3.05) is 17.7 Å². The van der Waals surface area contributed by atoms with E-state index in [1.807, 2.05) is 74.5 Å². The van der Waals surface area contributed by atoms with Gasteiger partial charge < -0.3 is 20.4 Å². The van der Waals surface area contributed by atoms with E-state index in [2.05, 4.69) is 20.6 Å². The predicted octanol–water partition coefficient (Wildman–Crippen LogP) is 6.77. The second-order valence-electron chi connectivity index (χ2n) is 7.90. The molecule has 1 heterocycles. The summed E-state index contributed by atoms with van der Waals surface area (Å²) in [5.74, 6) is 0.978. The number of hydrogen-bond acceptors (Lipinski definition) is 4. The van der Waals surface area contributed by atoms with Gasteiger partial charge in [-0.3, -0.25) is 9.59 Å². The Morgan fingerprint density at radius 2 is 1.32 bits per heavy atom. The summed E-state index contributed by atoms with van der Waals surface area (Å²) in [7, 11) is 1.58. The van der Waals surface area contributed by atoms with Crippen molar-refractivity contribution < 1.29 is 14.3 Å². The third-order valence-corrected chi connectivity index (χ3v) is 5.54. The summed E-state index contributed by atoms with van der Waals surface area (Å²) >= 11 is 0. The first kappa shape index (κ1) is 25.2. The number of anilines is 2. The van der Waals surface area contributed by atoms with Crippen molar-refractivity contribution >= 4 is 34.2 Å². The highest BCUT2D eigenvalue weighted by atomic mass is 16.5. The molecule has 0 saturated carbocycles. The molecule has 0 radical (unpaired) electrons. The van der Waals surface area contributed by atoms with Crippen LogP contribution in [0.15, 0.2) is 97.1 Å². The zero-order chi connectivity index (χ0) is 26.2. The van der Waals surface area contributed by atoms with Gasteiger partial charge in [-0.2, -0.15) is 0 Å². The largest absolute Gasteiger partial charge is 0.497 e. The Balaban J connectivity index is 0.00000156. The van der Waals surface area contributed by atoms with Gasteiger partial charge in [-0.15, -0.1) is 0 Å². The molecule has 0 aliphatic heterocycles. The van der Waals surface area contributed by atoms with E-state index in [4.69, 9.17) is 4.74 Å². The maximum Gasteiger partial charge on any atom is 0.255 e. The Kier molecular flexibility index (Phi) is 7.95. The maximum absolute atomic E-state index is 12.6. The van der Waals surface area contributed by atoms with Crippen molar-refractivity contribution in [3.05, 3.63) is 108 Å². The predicted molar refractivity (Wildman–Crippen MR) is 148 cm³/mol. The number of para-hydroxylation sites is 1. The number of H-pyrrole nitrogens is 1. The monoisotopic (exact) mass is 492 g/mol. The highest BCUT2D eigenvalue weighted by Crippen LogP contribution is 2.24. The normalized spacial score (nSPS) is 10.2. The van der Waals surface area contributed by atoms with Crippen LogP contribution >= 0.6 is 0 Å². The van der Waals surface area contributed by atoms with Gasteiger partial charge in [-0.05, 0) is 78.9 Å². The van der Waals surface area contributed by atoms with Gasteiger partial charge in [-0.25, -0.2) is 4.98 Å². The molecule has 186 valence electrons. The molecular weight excluding hydrogens is 464 g/mol. The van der Waals surface area contributed by atoms with Crippen LogP contribution in [0.25, 0.3) is 22.4 Å². The van der Waals surface area contributed by atoms with Crippen molar-refractivity contribution in [3.63, 3.8) is 0 Å². The number of nitrogens with zero attached hydrogens (tertiary/aromatic N) is 1. The van der Waals surface area contributed by atoms with E-state index < -0.39 is 0 Å². The van der Waals surface area contributed by atoms with E-state index in [1.54, 1.807) is 43.5 Å². The molecule has 7 heteroatoms. The van der Waals surface area contributed by atoms with Crippen LogP contribution in [0.5, 0.6) is 5.75 Å². The Morgan fingerprint density at radius 1 is 0.730 bits per heavy atom. The molecular formula is C30H28N4O3. The lowest BCUT2D eigenvalue weighted by Crippen LogP contribution is -2.11. The van der Waals surface area contributed by atoms with Crippen LogP contribution in [0.3, 0.4) is 0 Å². The first-order valence-corrected chi connectivity index (χ1v) is 12.0. The Bertz CT molecular complexity index is 1490. The van der Waals surface area contributed by atoms with E-state index in [0.717, 1.165) is 22.3 Å². The van der Waals surface area contributed by atoms with Crippen LogP contribution < -0.4 is 15.4 Å². The number of hydrogen-bond donors (Lipinski definition) is 3. The number of aromatic amines is 1. The lowest BCUT2D eigenvalue weighted by Gasteiger charge is -2.07. The van der Waals surface area contributed by atoms with Gasteiger partial charge in [0.05, 0.1) is 18.1 Å². The second kappa shape index (κ2) is 11.7. The summed E-state index contributed by atoms with van der Waals surface area (Å²) in [5.41, 5.74) is 4.87. The second-order valence-corrected chi connectivity index (χ2v) is 7.90. The molecule has 5 rings (SSSR count). The van der Waals surface area contributed by atoms with E-state index in [9.17, 15) is 9.59 Å². The van der Waals surface area contributed by atoms with Gasteiger partial charge in [0.25, 0.3) is 11.8 Å². The molecule has 0 bridgehead atoms. The number of carbonyl (C=O) groups excluding carboxylic acids is 2. The topological polar surface area (TPSA) is 96.1 Å². The molecule has 0 saturated heterocycles. The first-order valence-electron chi connectivity index (χ1n) is 12.0. The number of nitrogens with one attached hydrogen (secondary N) is 3. The molecule has 7 nitrogen and oxygen atoms in total. The van der Waals surface area contributed by atoms with Crippen LogP contribution in [0.2, 0.25) is 0 Å². The van der Waals surface area contributed by atoms with E-state index in [0.29, 0.717) is 28.4 Å². The minimum absolute atomic E-state index is 0.189. The van der Waals surface area contributed by atoms with E-state index in [-0.39, 0.29) is 11.8 Å². The van der Waals surface area contributed by atoms with Gasteiger partial charge in [0.1, 0.15) is 11.6 Å². The summed E-state index contributed by atoms with van der Waals surface area (Å²) in [6.07, 6.45) is 0. The van der Waals surface area contributed by atoms with Crippen LogP contribution in [-0.4, -0.2) is 28.9 Å². The molecule has 4 aromatic carbocycles. The molecule has 0 atom stereocenters. The molecule has 5 aromatic rings. The maximum atomic E-state index is 12.6. The third kappa shape index (κ3) is 6.02. The van der Waals surface area contributed by atoms with Crippen molar-refractivity contribution in [1.29, 1.82) is 0 Å². The molecule has 37 heavy (non-hydrogen) atoms. The number of methoxy groups -OCH3 is 1. The average molecular weight is 493 g/mol. The van der Waals surface area contributed by atoms with Crippen LogP contribution in [0.4, 0.5) is 11.4 Å². The quantitative estimate of drug-likeness (QED) is 0.244. The minimum Gasteiger partial charge on any atom is -0.497 e. The summed E-state index contributed by atoms with van der Waals surface area (Å²) in [6, 6.07) is 29.0. The molecule has 3 N–H and O–H groups in total. The molecule has 2 amide bonds. The Labute approximate surface area is 215 Å². The number of aromatic nitrogens is 2. The number of ether oxygens (including phenoxy) is 1. The van der Waals surface area contributed by atoms with Gasteiger partial charge in [0.15, 0.2) is 0 Å². The summed E-state index contributed by atoms with van der Waals surface area (Å²) in [5, 5.41) is 5.77. The standard InChI is InChI=1S/C28H22N4O3.C2H6/c1-35-23-14-9-19(10-15-23)27(33)30-22-12-7-18(8-13-22)26-31-24-16-11-20(17-25(24)32-26)28(34)29-21-5-3-2-4-6-21;1-2/h2-17H,1H3,(H,29,34)(H,30,33)(H,31,32);1-2H3. The number of imidazole rings is 1. The van der Waals surface area contributed by atoms with Gasteiger partial charge >= 0.3 is 0 Å². The van der Waals surface area contributed by atoms with Crippen LogP contribution in [-0.2, 0) is 0 Å². The summed E-state index contributed by atoms with van der Waals surface area (Å²) < 4.78 is 5.13. The number of carbonyl (C=O) groups is 2. The molecule has 0 aliphatic carbocycles. The molecule has 0 spiro atoms.